The molecule has 0 unspecified atom stereocenters. The summed E-state index contributed by atoms with van der Waals surface area (Å²) in [4.78, 5) is 0. The van der Waals surface area contributed by atoms with Gasteiger partial charge in [0.15, 0.2) is 0 Å². The summed E-state index contributed by atoms with van der Waals surface area (Å²) < 4.78 is 0. The minimum atomic E-state index is 0.921. The largest absolute Gasteiger partial charge is 0.312 e. The maximum Gasteiger partial charge on any atom is 0.0214 e. The van der Waals surface area contributed by atoms with Gasteiger partial charge in [-0.05, 0) is 18.9 Å². The molecule has 58 valence electrons. The van der Waals surface area contributed by atoms with Crippen molar-refractivity contribution in [1.82, 2.24) is 5.32 Å². The Morgan fingerprint density at radius 3 is 3.09 bits per heavy atom. The summed E-state index contributed by atoms with van der Waals surface area (Å²) in [6.07, 6.45) is 10.5. The van der Waals surface area contributed by atoms with Crippen molar-refractivity contribution >= 4 is 0 Å². The van der Waals surface area contributed by atoms with Crippen LogP contribution in [-0.4, -0.2) is 13.1 Å². The van der Waals surface area contributed by atoms with Gasteiger partial charge in [0.25, 0.3) is 0 Å². The highest BCUT2D eigenvalue weighted by molar-refractivity contribution is 5.39. The highest BCUT2D eigenvalue weighted by Gasteiger charge is 2.06. The van der Waals surface area contributed by atoms with E-state index in [9.17, 15) is 0 Å². The number of hydrogen-bond donors (Lipinski definition) is 1. The van der Waals surface area contributed by atoms with E-state index >= 15 is 0 Å². The molecule has 0 bridgehead atoms. The fraction of sp³-hybridized carbons (Fsp3) is 0.400. The van der Waals surface area contributed by atoms with Gasteiger partial charge in [0.1, 0.15) is 0 Å². The van der Waals surface area contributed by atoms with Gasteiger partial charge in [-0.2, -0.15) is 0 Å². The van der Waals surface area contributed by atoms with Crippen molar-refractivity contribution in [1.29, 1.82) is 0 Å². The minimum absolute atomic E-state index is 0.921. The predicted octanol–water partition coefficient (Wildman–Crippen LogP) is 1.49. The number of nitrogens with one attached hydrogen (secondary N) is 1. The monoisotopic (exact) mass is 147 g/mol. The molecule has 0 amide bonds. The molecule has 1 aliphatic heterocycles. The van der Waals surface area contributed by atoms with E-state index in [1.54, 1.807) is 0 Å². The summed E-state index contributed by atoms with van der Waals surface area (Å²) >= 11 is 0. The number of allylic oxidation sites excluding steroid dienone is 1. The van der Waals surface area contributed by atoms with Crippen LogP contribution in [0.5, 0.6) is 0 Å². The van der Waals surface area contributed by atoms with E-state index in [2.05, 4.69) is 17.3 Å². The summed E-state index contributed by atoms with van der Waals surface area (Å²) in [5.41, 5.74) is 2.42. The first-order valence-corrected chi connectivity index (χ1v) is 3.90. The molecule has 0 saturated heterocycles. The van der Waals surface area contributed by atoms with Crippen molar-refractivity contribution < 1.29 is 0 Å². The highest BCUT2D eigenvalue weighted by atomic mass is 14.9. The Bertz CT molecular complexity index is 228. The van der Waals surface area contributed by atoms with Gasteiger partial charge in [-0.3, -0.25) is 0 Å². The van der Waals surface area contributed by atoms with Crippen LogP contribution in [0.15, 0.2) is 23.3 Å². The fourth-order valence-corrected chi connectivity index (χ4v) is 1.23. The van der Waals surface area contributed by atoms with E-state index in [-0.39, 0.29) is 0 Å². The van der Waals surface area contributed by atoms with Crippen LogP contribution in [0.4, 0.5) is 0 Å². The van der Waals surface area contributed by atoms with Crippen molar-refractivity contribution in [2.75, 3.05) is 13.1 Å². The van der Waals surface area contributed by atoms with Crippen molar-refractivity contribution in [3.63, 3.8) is 0 Å². The third-order valence-electron chi connectivity index (χ3n) is 1.80. The van der Waals surface area contributed by atoms with Gasteiger partial charge in [0.2, 0.25) is 0 Å². The average molecular weight is 147 g/mol. The molecule has 0 aliphatic carbocycles. The van der Waals surface area contributed by atoms with Crippen LogP contribution in [0.1, 0.15) is 13.3 Å². The Morgan fingerprint density at radius 2 is 2.45 bits per heavy atom. The van der Waals surface area contributed by atoms with E-state index < -0.39 is 0 Å². The van der Waals surface area contributed by atoms with Gasteiger partial charge in [-0.25, -0.2) is 0 Å². The molecule has 11 heavy (non-hydrogen) atoms. The van der Waals surface area contributed by atoms with Gasteiger partial charge >= 0.3 is 0 Å². The molecule has 0 radical (unpaired) electrons. The number of hydrogen-bond acceptors (Lipinski definition) is 1. The van der Waals surface area contributed by atoms with Gasteiger partial charge in [-0.15, -0.1) is 6.42 Å². The Hall–Kier alpha value is -1.00. The fourth-order valence-electron chi connectivity index (χ4n) is 1.23. The van der Waals surface area contributed by atoms with E-state index in [1.165, 1.54) is 5.57 Å². The van der Waals surface area contributed by atoms with E-state index in [1.807, 2.05) is 13.0 Å². The van der Waals surface area contributed by atoms with Crippen molar-refractivity contribution in [3.8, 4) is 12.3 Å². The average Bonchev–Trinajstić information content (AvgIpc) is 2.06. The van der Waals surface area contributed by atoms with Gasteiger partial charge < -0.3 is 5.32 Å². The molecule has 1 heteroatoms. The molecule has 0 aromatic carbocycles. The standard InChI is InChI=1S/C10H13N/c1-3-5-10-8-11-7-6-9(10)4-2/h2-3,5,11H,6-8H2,1H3. The van der Waals surface area contributed by atoms with Crippen LogP contribution >= 0.6 is 0 Å². The quantitative estimate of drug-likeness (QED) is 0.554. The zero-order valence-electron chi connectivity index (χ0n) is 6.85. The first-order valence-electron chi connectivity index (χ1n) is 3.90. The zero-order valence-corrected chi connectivity index (χ0v) is 6.85. The van der Waals surface area contributed by atoms with Crippen molar-refractivity contribution in [3.05, 3.63) is 23.3 Å². The summed E-state index contributed by atoms with van der Waals surface area (Å²) in [7, 11) is 0. The zero-order chi connectivity index (χ0) is 8.10. The lowest BCUT2D eigenvalue weighted by molar-refractivity contribution is 0.698. The van der Waals surface area contributed by atoms with Crippen LogP contribution in [0, 0.1) is 12.3 Å². The van der Waals surface area contributed by atoms with Crippen LogP contribution in [-0.2, 0) is 0 Å². The van der Waals surface area contributed by atoms with Crippen LogP contribution in [0.25, 0.3) is 0 Å². The van der Waals surface area contributed by atoms with Crippen LogP contribution in [0.2, 0.25) is 0 Å². The lowest BCUT2D eigenvalue weighted by Crippen LogP contribution is -2.24. The summed E-state index contributed by atoms with van der Waals surface area (Å²) in [6, 6.07) is 0. The van der Waals surface area contributed by atoms with Gasteiger partial charge in [-0.1, -0.05) is 18.1 Å². The topological polar surface area (TPSA) is 12.0 Å². The number of rotatable bonds is 1. The Labute approximate surface area is 68.2 Å². The third kappa shape index (κ3) is 1.96. The summed E-state index contributed by atoms with van der Waals surface area (Å²) in [5.74, 6) is 2.73. The highest BCUT2D eigenvalue weighted by Crippen LogP contribution is 2.12. The van der Waals surface area contributed by atoms with E-state index in [0.717, 1.165) is 25.1 Å². The predicted molar refractivity (Wildman–Crippen MR) is 48.2 cm³/mol. The minimum Gasteiger partial charge on any atom is -0.312 e. The maximum absolute atomic E-state index is 5.35. The molecule has 0 atom stereocenters. The molecule has 0 aromatic rings. The van der Waals surface area contributed by atoms with Gasteiger partial charge in [0.05, 0.1) is 0 Å². The molecule has 1 aliphatic rings. The smallest absolute Gasteiger partial charge is 0.0214 e. The Kier molecular flexibility index (Phi) is 2.95. The lowest BCUT2D eigenvalue weighted by Gasteiger charge is -2.14. The molecular formula is C10H13N. The molecule has 1 rings (SSSR count). The van der Waals surface area contributed by atoms with Crippen molar-refractivity contribution in [2.24, 2.45) is 0 Å². The molecule has 1 heterocycles. The molecular weight excluding hydrogens is 134 g/mol. The Morgan fingerprint density at radius 1 is 1.64 bits per heavy atom. The molecule has 0 aromatic heterocycles. The first-order chi connectivity index (χ1) is 5.38. The van der Waals surface area contributed by atoms with Gasteiger partial charge in [0, 0.05) is 18.7 Å². The first kappa shape index (κ1) is 8.10. The molecule has 0 fully saturated rings. The second-order valence-corrected chi connectivity index (χ2v) is 2.57. The maximum atomic E-state index is 5.35. The third-order valence-corrected chi connectivity index (χ3v) is 1.80. The molecule has 0 saturated carbocycles. The van der Waals surface area contributed by atoms with E-state index in [4.69, 9.17) is 6.42 Å². The van der Waals surface area contributed by atoms with Crippen molar-refractivity contribution in [2.45, 2.75) is 13.3 Å². The summed E-state index contributed by atoms with van der Waals surface area (Å²) in [6.45, 7) is 3.94. The lowest BCUT2D eigenvalue weighted by atomic mass is 10.0. The second-order valence-electron chi connectivity index (χ2n) is 2.57. The van der Waals surface area contributed by atoms with Crippen LogP contribution < -0.4 is 5.32 Å². The number of terminal acetylenes is 1. The molecule has 1 nitrogen and oxygen atoms in total. The molecule has 1 N–H and O–H groups in total. The van der Waals surface area contributed by atoms with Crippen LogP contribution in [0.3, 0.4) is 0 Å². The Balaban J connectivity index is 2.83. The second kappa shape index (κ2) is 4.00. The summed E-state index contributed by atoms with van der Waals surface area (Å²) in [5, 5.41) is 3.28. The normalized spacial score (nSPS) is 18.9. The molecule has 0 spiro atoms. The SMILES string of the molecule is C#CC1=C(C=CC)CNCC1. The van der Waals surface area contributed by atoms with E-state index in [0.29, 0.717) is 0 Å².